The van der Waals surface area contributed by atoms with Crippen LogP contribution in [0.15, 0.2) is 25.0 Å². The molecule has 0 aliphatic rings. The van der Waals surface area contributed by atoms with Gasteiger partial charge in [0.15, 0.2) is 0 Å². The summed E-state index contributed by atoms with van der Waals surface area (Å²) in [5.74, 6) is 0.213. The topological polar surface area (TPSA) is 72.0 Å². The van der Waals surface area contributed by atoms with Crippen molar-refractivity contribution in [2.75, 3.05) is 5.73 Å². The minimum Gasteiger partial charge on any atom is -0.388 e. The van der Waals surface area contributed by atoms with Crippen molar-refractivity contribution in [1.82, 2.24) is 9.97 Å². The largest absolute Gasteiger partial charge is 0.388 e. The second-order valence-corrected chi connectivity index (χ2v) is 2.41. The van der Waals surface area contributed by atoms with E-state index in [1.165, 1.54) is 12.4 Å². The molecule has 0 amide bonds. The van der Waals surface area contributed by atoms with Crippen LogP contribution in [0.5, 0.6) is 0 Å². The van der Waals surface area contributed by atoms with Crippen LogP contribution in [-0.2, 0) is 0 Å². The highest BCUT2D eigenvalue weighted by Gasteiger charge is 2.05. The predicted molar refractivity (Wildman–Crippen MR) is 46.2 cm³/mol. The molecule has 0 aliphatic heterocycles. The summed E-state index contributed by atoms with van der Waals surface area (Å²) in [4.78, 5) is 7.51. The predicted octanol–water partition coefficient (Wildman–Crippen LogP) is 0.668. The summed E-state index contributed by atoms with van der Waals surface area (Å²) >= 11 is 0. The first-order valence-electron chi connectivity index (χ1n) is 3.60. The Bertz CT molecular complexity index is 258. The van der Waals surface area contributed by atoms with Crippen molar-refractivity contribution in [3.05, 3.63) is 30.6 Å². The third-order valence-electron chi connectivity index (χ3n) is 1.47. The number of nitrogen functional groups attached to an aromatic ring is 1. The quantitative estimate of drug-likeness (QED) is 0.645. The van der Waals surface area contributed by atoms with E-state index in [0.29, 0.717) is 12.0 Å². The summed E-state index contributed by atoms with van der Waals surface area (Å²) < 4.78 is 0. The maximum atomic E-state index is 9.42. The van der Waals surface area contributed by atoms with Crippen LogP contribution < -0.4 is 5.73 Å². The number of aliphatic hydroxyl groups is 1. The first kappa shape index (κ1) is 8.67. The molecule has 0 saturated heterocycles. The molecule has 12 heavy (non-hydrogen) atoms. The highest BCUT2D eigenvalue weighted by molar-refractivity contribution is 5.18. The van der Waals surface area contributed by atoms with Crippen LogP contribution in [0.25, 0.3) is 0 Å². The van der Waals surface area contributed by atoms with Crippen LogP contribution in [-0.4, -0.2) is 15.1 Å². The van der Waals surface area contributed by atoms with Gasteiger partial charge < -0.3 is 10.8 Å². The van der Waals surface area contributed by atoms with Gasteiger partial charge in [-0.15, -0.1) is 6.58 Å². The number of rotatable bonds is 3. The number of nitrogens with zero attached hydrogens (tertiary/aromatic N) is 2. The van der Waals surface area contributed by atoms with Gasteiger partial charge in [0, 0.05) is 18.0 Å². The van der Waals surface area contributed by atoms with Gasteiger partial charge >= 0.3 is 0 Å². The third-order valence-corrected chi connectivity index (χ3v) is 1.47. The minimum absolute atomic E-state index is 0.213. The van der Waals surface area contributed by atoms with Crippen molar-refractivity contribution in [3.63, 3.8) is 0 Å². The summed E-state index contributed by atoms with van der Waals surface area (Å²) in [5.41, 5.74) is 5.93. The highest BCUT2D eigenvalue weighted by Crippen LogP contribution is 2.14. The van der Waals surface area contributed by atoms with Gasteiger partial charge in [0.1, 0.15) is 0 Å². The van der Waals surface area contributed by atoms with Crippen molar-refractivity contribution in [2.24, 2.45) is 0 Å². The van der Waals surface area contributed by atoms with Gasteiger partial charge in [-0.25, -0.2) is 9.97 Å². The lowest BCUT2D eigenvalue weighted by atomic mass is 10.1. The average molecular weight is 165 g/mol. The second-order valence-electron chi connectivity index (χ2n) is 2.41. The molecule has 3 N–H and O–H groups in total. The van der Waals surface area contributed by atoms with E-state index < -0.39 is 6.10 Å². The first-order chi connectivity index (χ1) is 5.74. The number of aromatic nitrogens is 2. The lowest BCUT2D eigenvalue weighted by Gasteiger charge is -2.06. The Hall–Kier alpha value is -1.42. The Morgan fingerprint density at radius 1 is 1.58 bits per heavy atom. The van der Waals surface area contributed by atoms with Crippen molar-refractivity contribution in [3.8, 4) is 0 Å². The number of nitrogens with two attached hydrogens (primary N) is 1. The summed E-state index contributed by atoms with van der Waals surface area (Å²) in [6.07, 6.45) is 4.57. The molecule has 1 heterocycles. The molecule has 1 unspecified atom stereocenters. The van der Waals surface area contributed by atoms with E-state index in [-0.39, 0.29) is 5.95 Å². The third kappa shape index (κ3) is 2.03. The van der Waals surface area contributed by atoms with E-state index in [1.807, 2.05) is 0 Å². The van der Waals surface area contributed by atoms with Crippen LogP contribution in [0.2, 0.25) is 0 Å². The molecule has 1 atom stereocenters. The fourth-order valence-corrected chi connectivity index (χ4v) is 0.814. The monoisotopic (exact) mass is 165 g/mol. The van der Waals surface area contributed by atoms with Gasteiger partial charge in [-0.3, -0.25) is 0 Å². The Morgan fingerprint density at radius 2 is 2.17 bits per heavy atom. The van der Waals surface area contributed by atoms with E-state index in [4.69, 9.17) is 5.73 Å². The Morgan fingerprint density at radius 3 is 2.67 bits per heavy atom. The number of anilines is 1. The molecule has 0 fully saturated rings. The average Bonchev–Trinajstić information content (AvgIpc) is 2.06. The van der Waals surface area contributed by atoms with E-state index in [9.17, 15) is 5.11 Å². The molecule has 64 valence electrons. The van der Waals surface area contributed by atoms with Crippen molar-refractivity contribution < 1.29 is 5.11 Å². The molecule has 0 aliphatic carbocycles. The van der Waals surface area contributed by atoms with E-state index in [0.717, 1.165) is 0 Å². The zero-order valence-electron chi connectivity index (χ0n) is 6.64. The summed E-state index contributed by atoms with van der Waals surface area (Å²) in [6.45, 7) is 3.52. The Balaban J connectivity index is 2.74. The van der Waals surface area contributed by atoms with Crippen LogP contribution in [0.4, 0.5) is 5.95 Å². The van der Waals surface area contributed by atoms with Crippen molar-refractivity contribution in [2.45, 2.75) is 12.5 Å². The van der Waals surface area contributed by atoms with Crippen LogP contribution in [0, 0.1) is 0 Å². The zero-order valence-corrected chi connectivity index (χ0v) is 6.64. The molecular formula is C8H11N3O. The Labute approximate surface area is 70.8 Å². The lowest BCUT2D eigenvalue weighted by Crippen LogP contribution is -2.00. The van der Waals surface area contributed by atoms with Gasteiger partial charge in [-0.2, -0.15) is 0 Å². The maximum Gasteiger partial charge on any atom is 0.219 e. The fraction of sp³-hybridized carbons (Fsp3) is 0.250. The van der Waals surface area contributed by atoms with Gasteiger partial charge in [0.25, 0.3) is 0 Å². The molecule has 1 aromatic rings. The number of hydrogen-bond acceptors (Lipinski definition) is 4. The lowest BCUT2D eigenvalue weighted by molar-refractivity contribution is 0.181. The van der Waals surface area contributed by atoms with Gasteiger partial charge in [0.2, 0.25) is 5.95 Å². The van der Waals surface area contributed by atoms with E-state index in [1.54, 1.807) is 6.08 Å². The van der Waals surface area contributed by atoms with E-state index in [2.05, 4.69) is 16.5 Å². The van der Waals surface area contributed by atoms with Gasteiger partial charge in [0.05, 0.1) is 6.10 Å². The maximum absolute atomic E-state index is 9.42. The molecule has 4 heteroatoms. The second kappa shape index (κ2) is 3.82. The first-order valence-corrected chi connectivity index (χ1v) is 3.60. The van der Waals surface area contributed by atoms with Crippen LogP contribution in [0.3, 0.4) is 0 Å². The molecule has 0 spiro atoms. The molecular weight excluding hydrogens is 154 g/mol. The molecule has 1 rings (SSSR count). The summed E-state index contributed by atoms with van der Waals surface area (Å²) in [6, 6.07) is 0. The highest BCUT2D eigenvalue weighted by atomic mass is 16.3. The molecule has 1 aromatic heterocycles. The summed E-state index contributed by atoms with van der Waals surface area (Å²) in [5, 5.41) is 9.42. The smallest absolute Gasteiger partial charge is 0.219 e. The van der Waals surface area contributed by atoms with Crippen molar-refractivity contribution in [1.29, 1.82) is 0 Å². The van der Waals surface area contributed by atoms with Crippen LogP contribution >= 0.6 is 0 Å². The molecule has 0 radical (unpaired) electrons. The number of hydrogen-bond donors (Lipinski definition) is 2. The van der Waals surface area contributed by atoms with Crippen molar-refractivity contribution >= 4 is 5.95 Å². The SMILES string of the molecule is C=CCC(O)c1cnc(N)nc1. The Kier molecular flexibility index (Phi) is 2.76. The molecule has 4 nitrogen and oxygen atoms in total. The summed E-state index contributed by atoms with van der Waals surface area (Å²) in [7, 11) is 0. The van der Waals surface area contributed by atoms with Gasteiger partial charge in [-0.1, -0.05) is 6.08 Å². The zero-order chi connectivity index (χ0) is 8.97. The molecule has 0 bridgehead atoms. The minimum atomic E-state index is -0.580. The fourth-order valence-electron chi connectivity index (χ4n) is 0.814. The van der Waals surface area contributed by atoms with E-state index >= 15 is 0 Å². The molecule has 0 saturated carbocycles. The molecule has 0 aromatic carbocycles. The van der Waals surface area contributed by atoms with Crippen LogP contribution in [0.1, 0.15) is 18.1 Å². The number of aliphatic hydroxyl groups excluding tert-OH is 1. The van der Waals surface area contributed by atoms with Gasteiger partial charge in [-0.05, 0) is 6.42 Å². The normalized spacial score (nSPS) is 12.4. The standard InChI is InChI=1S/C8H11N3O/c1-2-3-7(12)6-4-10-8(9)11-5-6/h2,4-5,7,12H,1,3H2,(H2,9,10,11).